The van der Waals surface area contributed by atoms with Gasteiger partial charge in [0.25, 0.3) is 0 Å². The predicted octanol–water partition coefficient (Wildman–Crippen LogP) is 3.60. The van der Waals surface area contributed by atoms with Crippen molar-refractivity contribution in [3.63, 3.8) is 0 Å². The van der Waals surface area contributed by atoms with Crippen molar-refractivity contribution in [1.29, 1.82) is 0 Å². The Bertz CT molecular complexity index is 947. The van der Waals surface area contributed by atoms with Crippen molar-refractivity contribution in [2.75, 3.05) is 5.32 Å². The first-order chi connectivity index (χ1) is 11.0. The van der Waals surface area contributed by atoms with Crippen LogP contribution in [0.15, 0.2) is 59.5 Å². The summed E-state index contributed by atoms with van der Waals surface area (Å²) in [5, 5.41) is 3.88. The van der Waals surface area contributed by atoms with Crippen LogP contribution in [0.2, 0.25) is 5.02 Å². The van der Waals surface area contributed by atoms with Gasteiger partial charge in [0.15, 0.2) is 5.43 Å². The summed E-state index contributed by atoms with van der Waals surface area (Å²) in [7, 11) is 0. The summed E-state index contributed by atoms with van der Waals surface area (Å²) >= 11 is 6.04. The lowest BCUT2D eigenvalue weighted by Crippen LogP contribution is -2.20. The number of para-hydroxylation sites is 1. The molecule has 4 nitrogen and oxygen atoms in total. The molecule has 0 saturated heterocycles. The van der Waals surface area contributed by atoms with Crippen LogP contribution < -0.4 is 10.7 Å². The Hall–Kier alpha value is -2.59. The molecule has 1 aromatic heterocycles. The third-order valence-electron chi connectivity index (χ3n) is 3.59. The van der Waals surface area contributed by atoms with Crippen molar-refractivity contribution in [3.05, 3.63) is 75.5 Å². The molecule has 0 saturated carbocycles. The van der Waals surface area contributed by atoms with E-state index in [9.17, 15) is 9.59 Å². The molecule has 1 N–H and O–H groups in total. The average Bonchev–Trinajstić information content (AvgIpc) is 2.52. The van der Waals surface area contributed by atoms with E-state index in [1.165, 1.54) is 6.07 Å². The van der Waals surface area contributed by atoms with E-state index in [0.29, 0.717) is 16.1 Å². The molecule has 0 radical (unpaired) electrons. The number of nitrogens with one attached hydrogen (secondary N) is 1. The van der Waals surface area contributed by atoms with Gasteiger partial charge in [-0.05, 0) is 31.2 Å². The number of aryl methyl sites for hydroxylation is 1. The van der Waals surface area contributed by atoms with E-state index in [4.69, 9.17) is 11.6 Å². The maximum absolute atomic E-state index is 12.3. The van der Waals surface area contributed by atoms with Gasteiger partial charge in [-0.15, -0.1) is 0 Å². The second-order valence-corrected chi connectivity index (χ2v) is 5.76. The third-order valence-corrected chi connectivity index (χ3v) is 3.92. The number of benzene rings is 2. The van der Waals surface area contributed by atoms with Crippen LogP contribution in [0.5, 0.6) is 0 Å². The first-order valence-corrected chi connectivity index (χ1v) is 7.56. The van der Waals surface area contributed by atoms with Gasteiger partial charge in [-0.25, -0.2) is 0 Å². The van der Waals surface area contributed by atoms with Crippen molar-refractivity contribution >= 4 is 34.1 Å². The van der Waals surface area contributed by atoms with Crippen LogP contribution in [0, 0.1) is 6.92 Å². The molecule has 0 aliphatic carbocycles. The molecule has 1 heterocycles. The molecular formula is C18H15ClN2O2. The molecule has 0 unspecified atom stereocenters. The minimum absolute atomic E-state index is 0.0496. The van der Waals surface area contributed by atoms with Crippen molar-refractivity contribution < 1.29 is 4.79 Å². The van der Waals surface area contributed by atoms with Crippen molar-refractivity contribution in [2.45, 2.75) is 13.5 Å². The molecule has 0 bridgehead atoms. The zero-order valence-corrected chi connectivity index (χ0v) is 13.3. The number of fused-ring (bicyclic) bond motifs is 1. The average molecular weight is 327 g/mol. The lowest BCUT2D eigenvalue weighted by Gasteiger charge is -2.12. The van der Waals surface area contributed by atoms with E-state index in [0.717, 1.165) is 11.1 Å². The Morgan fingerprint density at radius 2 is 1.96 bits per heavy atom. The molecule has 0 atom stereocenters. The molecule has 2 aromatic carbocycles. The SMILES string of the molecule is Cc1ccc2c(c1)c(=O)ccn2CC(=O)Nc1ccccc1Cl. The smallest absolute Gasteiger partial charge is 0.244 e. The monoisotopic (exact) mass is 326 g/mol. The van der Waals surface area contributed by atoms with Gasteiger partial charge in [-0.1, -0.05) is 35.4 Å². The summed E-state index contributed by atoms with van der Waals surface area (Å²) < 4.78 is 1.75. The van der Waals surface area contributed by atoms with Crippen molar-refractivity contribution in [2.24, 2.45) is 0 Å². The summed E-state index contributed by atoms with van der Waals surface area (Å²) in [6.45, 7) is 2.03. The highest BCUT2D eigenvalue weighted by atomic mass is 35.5. The first kappa shape index (κ1) is 15.3. The van der Waals surface area contributed by atoms with E-state index in [-0.39, 0.29) is 17.9 Å². The number of hydrogen-bond acceptors (Lipinski definition) is 2. The van der Waals surface area contributed by atoms with E-state index in [1.807, 2.05) is 25.1 Å². The number of anilines is 1. The van der Waals surface area contributed by atoms with Gasteiger partial charge in [0.2, 0.25) is 5.91 Å². The minimum atomic E-state index is -0.205. The number of carbonyl (C=O) groups is 1. The quantitative estimate of drug-likeness (QED) is 0.799. The van der Waals surface area contributed by atoms with E-state index >= 15 is 0 Å². The van der Waals surface area contributed by atoms with E-state index in [2.05, 4.69) is 5.32 Å². The Kier molecular flexibility index (Phi) is 4.17. The molecule has 1 amide bonds. The van der Waals surface area contributed by atoms with Gasteiger partial charge in [-0.3, -0.25) is 9.59 Å². The highest BCUT2D eigenvalue weighted by molar-refractivity contribution is 6.33. The molecule has 5 heteroatoms. The second kappa shape index (κ2) is 6.26. The minimum Gasteiger partial charge on any atom is -0.338 e. The maximum atomic E-state index is 12.3. The Balaban J connectivity index is 1.90. The van der Waals surface area contributed by atoms with Crippen molar-refractivity contribution in [3.8, 4) is 0 Å². The van der Waals surface area contributed by atoms with Gasteiger partial charge in [-0.2, -0.15) is 0 Å². The number of hydrogen-bond donors (Lipinski definition) is 1. The lowest BCUT2D eigenvalue weighted by atomic mass is 10.1. The standard InChI is InChI=1S/C18H15ClN2O2/c1-12-6-7-16-13(10-12)17(22)8-9-21(16)11-18(23)20-15-5-3-2-4-14(15)19/h2-10H,11H2,1H3,(H,20,23). The van der Waals surface area contributed by atoms with Crippen LogP contribution in [0.25, 0.3) is 10.9 Å². The Labute approximate surface area is 138 Å². The zero-order chi connectivity index (χ0) is 16.4. The van der Waals surface area contributed by atoms with Gasteiger partial charge >= 0.3 is 0 Å². The number of rotatable bonds is 3. The fraction of sp³-hybridized carbons (Fsp3) is 0.111. The zero-order valence-electron chi connectivity index (χ0n) is 12.5. The van der Waals surface area contributed by atoms with Crippen LogP contribution >= 0.6 is 11.6 Å². The summed E-state index contributed by atoms with van der Waals surface area (Å²) in [6.07, 6.45) is 1.63. The topological polar surface area (TPSA) is 51.1 Å². The van der Waals surface area contributed by atoms with Crippen molar-refractivity contribution in [1.82, 2.24) is 4.57 Å². The summed E-state index contributed by atoms with van der Waals surface area (Å²) in [5.41, 5.74) is 2.26. The normalized spacial score (nSPS) is 10.7. The van der Waals surface area contributed by atoms with Gasteiger partial charge in [0.1, 0.15) is 6.54 Å². The largest absolute Gasteiger partial charge is 0.338 e. The van der Waals surface area contributed by atoms with Crippen LogP contribution in [0.3, 0.4) is 0 Å². The highest BCUT2D eigenvalue weighted by Gasteiger charge is 2.09. The molecule has 0 aliphatic rings. The first-order valence-electron chi connectivity index (χ1n) is 7.19. The summed E-state index contributed by atoms with van der Waals surface area (Å²) in [4.78, 5) is 24.2. The van der Waals surface area contributed by atoms with E-state index < -0.39 is 0 Å². The second-order valence-electron chi connectivity index (χ2n) is 5.36. The number of aromatic nitrogens is 1. The molecule has 3 aromatic rings. The van der Waals surface area contributed by atoms with E-state index in [1.54, 1.807) is 35.0 Å². The number of carbonyl (C=O) groups excluding carboxylic acids is 1. The van der Waals surface area contributed by atoms with Gasteiger partial charge < -0.3 is 9.88 Å². The molecule has 3 rings (SSSR count). The molecule has 0 fully saturated rings. The predicted molar refractivity (Wildman–Crippen MR) is 93.0 cm³/mol. The van der Waals surface area contributed by atoms with Crippen LogP contribution in [-0.2, 0) is 11.3 Å². The number of pyridine rings is 1. The summed E-state index contributed by atoms with van der Waals surface area (Å²) in [6, 6.07) is 14.2. The molecule has 0 aliphatic heterocycles. The fourth-order valence-corrected chi connectivity index (χ4v) is 2.65. The Morgan fingerprint density at radius 1 is 1.17 bits per heavy atom. The van der Waals surface area contributed by atoms with Crippen LogP contribution in [0.4, 0.5) is 5.69 Å². The highest BCUT2D eigenvalue weighted by Crippen LogP contribution is 2.20. The number of nitrogens with zero attached hydrogens (tertiary/aromatic N) is 1. The summed E-state index contributed by atoms with van der Waals surface area (Å²) in [5.74, 6) is -0.205. The van der Waals surface area contributed by atoms with Crippen LogP contribution in [-0.4, -0.2) is 10.5 Å². The number of amides is 1. The molecule has 116 valence electrons. The lowest BCUT2D eigenvalue weighted by molar-refractivity contribution is -0.116. The molecule has 23 heavy (non-hydrogen) atoms. The third kappa shape index (κ3) is 3.27. The molecular weight excluding hydrogens is 312 g/mol. The van der Waals surface area contributed by atoms with Gasteiger partial charge in [0, 0.05) is 17.6 Å². The Morgan fingerprint density at radius 3 is 2.74 bits per heavy atom. The fourth-order valence-electron chi connectivity index (χ4n) is 2.47. The maximum Gasteiger partial charge on any atom is 0.244 e. The molecule has 0 spiro atoms. The van der Waals surface area contributed by atoms with Gasteiger partial charge in [0.05, 0.1) is 16.2 Å². The van der Waals surface area contributed by atoms with Crippen LogP contribution in [0.1, 0.15) is 5.56 Å². The number of halogens is 1.